The molecule has 0 unspecified atom stereocenters. The molecule has 0 aliphatic carbocycles. The zero-order valence-corrected chi connectivity index (χ0v) is 13.9. The maximum atomic E-state index is 11.6. The van der Waals surface area contributed by atoms with E-state index in [0.29, 0.717) is 23.1 Å². The maximum absolute atomic E-state index is 11.6. The van der Waals surface area contributed by atoms with Crippen LogP contribution in [-0.4, -0.2) is 47.8 Å². The predicted octanol–water partition coefficient (Wildman–Crippen LogP) is 1.68. The zero-order valence-electron chi connectivity index (χ0n) is 12.4. The van der Waals surface area contributed by atoms with Gasteiger partial charge in [-0.1, -0.05) is 22.9 Å². The largest absolute Gasteiger partial charge is 0.465 e. The average Bonchev–Trinajstić information content (AvgIpc) is 3.05. The summed E-state index contributed by atoms with van der Waals surface area (Å²) in [5, 5.41) is 0.839. The van der Waals surface area contributed by atoms with E-state index in [2.05, 4.69) is 14.7 Å². The third kappa shape index (κ3) is 2.27. The summed E-state index contributed by atoms with van der Waals surface area (Å²) in [4.78, 5) is 22.5. The number of hydrogen-bond donors (Lipinski definition) is 0. The number of aryl methyl sites for hydroxylation is 1. The molecule has 0 saturated carbocycles. The molecule has 2 aromatic heterocycles. The van der Waals surface area contributed by atoms with Gasteiger partial charge in [0.1, 0.15) is 5.82 Å². The summed E-state index contributed by atoms with van der Waals surface area (Å²) in [6.45, 7) is 1.19. The minimum absolute atomic E-state index is 0.166. The van der Waals surface area contributed by atoms with Crippen LogP contribution in [0, 0.1) is 0 Å². The molecule has 0 bridgehead atoms. The highest BCUT2D eigenvalue weighted by Crippen LogP contribution is 2.40. The molecule has 3 heterocycles. The van der Waals surface area contributed by atoms with Crippen LogP contribution in [0.4, 0.5) is 5.13 Å². The summed E-state index contributed by atoms with van der Waals surface area (Å²) >= 11 is 7.21. The number of aromatic nitrogens is 3. The van der Waals surface area contributed by atoms with Gasteiger partial charge in [0, 0.05) is 26.6 Å². The van der Waals surface area contributed by atoms with Gasteiger partial charge in [-0.05, 0) is 0 Å². The van der Waals surface area contributed by atoms with Crippen molar-refractivity contribution < 1.29 is 14.3 Å². The highest BCUT2D eigenvalue weighted by Gasteiger charge is 2.49. The normalized spacial score (nSPS) is 16.5. The van der Waals surface area contributed by atoms with Crippen molar-refractivity contribution in [3.05, 3.63) is 28.2 Å². The van der Waals surface area contributed by atoms with Gasteiger partial charge in [-0.15, -0.1) is 0 Å². The van der Waals surface area contributed by atoms with Crippen LogP contribution in [0.2, 0.25) is 5.15 Å². The van der Waals surface area contributed by atoms with Gasteiger partial charge >= 0.3 is 5.97 Å². The number of anilines is 1. The number of carbonyl (C=O) groups excluding carboxylic acids is 1. The van der Waals surface area contributed by atoms with Gasteiger partial charge in [0.15, 0.2) is 20.8 Å². The Morgan fingerprint density at radius 2 is 2.18 bits per heavy atom. The molecule has 0 spiro atoms. The van der Waals surface area contributed by atoms with Gasteiger partial charge in [0.05, 0.1) is 20.2 Å². The van der Waals surface area contributed by atoms with E-state index in [4.69, 9.17) is 16.3 Å². The van der Waals surface area contributed by atoms with E-state index in [-0.39, 0.29) is 5.15 Å². The van der Waals surface area contributed by atoms with Crippen molar-refractivity contribution in [2.24, 2.45) is 7.05 Å². The number of thiazole rings is 1. The fraction of sp³-hybridized carbons (Fsp3) is 0.462. The fourth-order valence-electron chi connectivity index (χ4n) is 2.52. The molecule has 1 aliphatic heterocycles. The van der Waals surface area contributed by atoms with Crippen molar-refractivity contribution in [3.63, 3.8) is 0 Å². The van der Waals surface area contributed by atoms with Crippen molar-refractivity contribution in [1.82, 2.24) is 14.5 Å². The Hall–Kier alpha value is -1.64. The number of ether oxygens (including phenoxy) is 2. The SMILES string of the molecule is COC(=O)c1sc(N2CC(OC)(c3nccn3C)C2)nc1Cl. The lowest BCUT2D eigenvalue weighted by Gasteiger charge is -2.48. The maximum Gasteiger partial charge on any atom is 0.351 e. The molecule has 0 amide bonds. The highest BCUT2D eigenvalue weighted by molar-refractivity contribution is 7.18. The zero-order chi connectivity index (χ0) is 15.9. The quantitative estimate of drug-likeness (QED) is 0.787. The number of imidazole rings is 1. The molecule has 0 aromatic carbocycles. The summed E-state index contributed by atoms with van der Waals surface area (Å²) < 4.78 is 12.3. The lowest BCUT2D eigenvalue weighted by Crippen LogP contribution is -2.61. The summed E-state index contributed by atoms with van der Waals surface area (Å²) in [7, 11) is 4.92. The van der Waals surface area contributed by atoms with Crippen LogP contribution in [0.1, 0.15) is 15.5 Å². The second-order valence-electron chi connectivity index (χ2n) is 5.02. The first-order chi connectivity index (χ1) is 10.5. The Labute approximate surface area is 136 Å². The topological polar surface area (TPSA) is 69.5 Å². The summed E-state index contributed by atoms with van der Waals surface area (Å²) in [6, 6.07) is 0. The number of carbonyl (C=O) groups is 1. The molecule has 1 fully saturated rings. The molecule has 3 rings (SSSR count). The van der Waals surface area contributed by atoms with E-state index in [1.807, 2.05) is 22.7 Å². The number of halogens is 1. The second kappa shape index (κ2) is 5.53. The van der Waals surface area contributed by atoms with Gasteiger partial charge in [0.25, 0.3) is 0 Å². The average molecular weight is 343 g/mol. The predicted molar refractivity (Wildman–Crippen MR) is 82.6 cm³/mol. The van der Waals surface area contributed by atoms with Gasteiger partial charge in [-0.2, -0.15) is 0 Å². The van der Waals surface area contributed by atoms with E-state index in [9.17, 15) is 4.79 Å². The molecule has 22 heavy (non-hydrogen) atoms. The number of esters is 1. The molecule has 9 heteroatoms. The van der Waals surface area contributed by atoms with E-state index in [1.165, 1.54) is 18.4 Å². The van der Waals surface area contributed by atoms with Crippen molar-refractivity contribution in [3.8, 4) is 0 Å². The van der Waals surface area contributed by atoms with Gasteiger partial charge < -0.3 is 18.9 Å². The van der Waals surface area contributed by atoms with Gasteiger partial charge in [-0.25, -0.2) is 14.8 Å². The first-order valence-corrected chi connectivity index (χ1v) is 7.73. The summed E-state index contributed by atoms with van der Waals surface area (Å²) in [6.07, 6.45) is 3.63. The lowest BCUT2D eigenvalue weighted by atomic mass is 9.93. The molecule has 2 aromatic rings. The Balaban J connectivity index is 1.81. The number of hydrogen-bond acceptors (Lipinski definition) is 7. The van der Waals surface area contributed by atoms with Crippen LogP contribution in [0.3, 0.4) is 0 Å². The lowest BCUT2D eigenvalue weighted by molar-refractivity contribution is -0.0472. The molecule has 118 valence electrons. The Morgan fingerprint density at radius 3 is 2.73 bits per heavy atom. The van der Waals surface area contributed by atoms with Crippen LogP contribution in [0.5, 0.6) is 0 Å². The summed E-state index contributed by atoms with van der Waals surface area (Å²) in [5.41, 5.74) is -0.470. The number of rotatable bonds is 4. The smallest absolute Gasteiger partial charge is 0.351 e. The molecule has 1 saturated heterocycles. The van der Waals surface area contributed by atoms with Crippen molar-refractivity contribution >= 4 is 34.0 Å². The van der Waals surface area contributed by atoms with Crippen molar-refractivity contribution in [1.29, 1.82) is 0 Å². The monoisotopic (exact) mass is 342 g/mol. The first-order valence-electron chi connectivity index (χ1n) is 6.53. The third-order valence-corrected chi connectivity index (χ3v) is 5.21. The van der Waals surface area contributed by atoms with Crippen LogP contribution in [-0.2, 0) is 22.1 Å². The van der Waals surface area contributed by atoms with Gasteiger partial charge in [-0.3, -0.25) is 0 Å². The van der Waals surface area contributed by atoms with Crippen LogP contribution in [0.25, 0.3) is 0 Å². The van der Waals surface area contributed by atoms with Crippen LogP contribution >= 0.6 is 22.9 Å². The molecule has 0 N–H and O–H groups in total. The minimum atomic E-state index is -0.476. The highest BCUT2D eigenvalue weighted by atomic mass is 35.5. The molecular formula is C13H15ClN4O3S. The molecular weight excluding hydrogens is 328 g/mol. The molecule has 0 atom stereocenters. The number of nitrogens with zero attached hydrogens (tertiary/aromatic N) is 4. The van der Waals surface area contributed by atoms with E-state index in [1.54, 1.807) is 13.3 Å². The van der Waals surface area contributed by atoms with Crippen molar-refractivity contribution in [2.75, 3.05) is 32.2 Å². The van der Waals surface area contributed by atoms with E-state index >= 15 is 0 Å². The Morgan fingerprint density at radius 1 is 1.45 bits per heavy atom. The molecule has 0 radical (unpaired) electrons. The fourth-order valence-corrected chi connectivity index (χ4v) is 3.71. The summed E-state index contributed by atoms with van der Waals surface area (Å²) in [5.74, 6) is 0.387. The third-order valence-electron chi connectivity index (χ3n) is 3.73. The van der Waals surface area contributed by atoms with Gasteiger partial charge in [0.2, 0.25) is 0 Å². The number of methoxy groups -OCH3 is 2. The standard InChI is InChI=1S/C13H15ClN4O3S/c1-17-5-4-15-11(17)13(21-3)6-18(7-13)12-16-9(14)8(22-12)10(19)20-2/h4-5H,6-7H2,1-3H3. The molecule has 7 nitrogen and oxygen atoms in total. The van der Waals surface area contributed by atoms with Crippen LogP contribution in [0.15, 0.2) is 12.4 Å². The van der Waals surface area contributed by atoms with E-state index in [0.717, 1.165) is 5.82 Å². The van der Waals surface area contributed by atoms with Crippen molar-refractivity contribution in [2.45, 2.75) is 5.60 Å². The second-order valence-corrected chi connectivity index (χ2v) is 6.36. The Bertz CT molecular complexity index is 708. The Kier molecular flexibility index (Phi) is 3.84. The van der Waals surface area contributed by atoms with E-state index < -0.39 is 11.6 Å². The first kappa shape index (κ1) is 15.3. The minimum Gasteiger partial charge on any atom is -0.465 e. The van der Waals surface area contributed by atoms with Crippen LogP contribution < -0.4 is 4.90 Å². The molecule has 1 aliphatic rings.